The number of nitroso groups, excluding NO2 is 1. The van der Waals surface area contributed by atoms with Gasteiger partial charge in [0.1, 0.15) is 5.01 Å². The zero-order valence-corrected chi connectivity index (χ0v) is 16.3. The van der Waals surface area contributed by atoms with Crippen LogP contribution >= 0.6 is 22.9 Å². The number of halogens is 1. The third-order valence-corrected chi connectivity index (χ3v) is 5.68. The van der Waals surface area contributed by atoms with Crippen LogP contribution in [0.4, 0.5) is 5.69 Å². The fourth-order valence-corrected chi connectivity index (χ4v) is 4.31. The molecule has 2 heterocycles. The van der Waals surface area contributed by atoms with Crippen molar-refractivity contribution in [2.24, 2.45) is 5.18 Å². The number of aromatic nitrogens is 2. The second-order valence-corrected chi connectivity index (χ2v) is 7.77. The number of nitrogens with zero attached hydrogens (tertiary/aromatic N) is 3. The number of hydrogen-bond donors (Lipinski definition) is 1. The first kappa shape index (κ1) is 17.7. The Morgan fingerprint density at radius 2 is 1.96 bits per heavy atom. The lowest BCUT2D eigenvalue weighted by Gasteiger charge is -2.07. The van der Waals surface area contributed by atoms with Gasteiger partial charge in [-0.15, -0.1) is 16.2 Å². The van der Waals surface area contributed by atoms with Gasteiger partial charge in [0.05, 0.1) is 17.8 Å². The van der Waals surface area contributed by atoms with E-state index in [0.717, 1.165) is 32.9 Å². The summed E-state index contributed by atoms with van der Waals surface area (Å²) in [4.78, 5) is 16.0. The second kappa shape index (κ2) is 6.79. The van der Waals surface area contributed by atoms with Gasteiger partial charge in [-0.2, -0.15) is 0 Å². The summed E-state index contributed by atoms with van der Waals surface area (Å²) < 4.78 is 1.70. The molecule has 0 saturated carbocycles. The minimum atomic E-state index is -0.130. The van der Waals surface area contributed by atoms with Crippen LogP contribution in [-0.4, -0.2) is 14.7 Å². The van der Waals surface area contributed by atoms with Crippen molar-refractivity contribution < 1.29 is 5.11 Å². The maximum Gasteiger partial charge on any atom is 0.222 e. The highest BCUT2D eigenvalue weighted by molar-refractivity contribution is 7.13. The predicted molar refractivity (Wildman–Crippen MR) is 110 cm³/mol. The highest BCUT2D eigenvalue weighted by Crippen LogP contribution is 2.41. The van der Waals surface area contributed by atoms with Crippen LogP contribution in [0.1, 0.15) is 16.8 Å². The molecule has 0 amide bonds. The normalized spacial score (nSPS) is 11.2. The van der Waals surface area contributed by atoms with Crippen LogP contribution in [0.3, 0.4) is 0 Å². The monoisotopic (exact) mass is 397 g/mol. The van der Waals surface area contributed by atoms with Gasteiger partial charge >= 0.3 is 0 Å². The number of fused-ring (bicyclic) bond motifs is 1. The van der Waals surface area contributed by atoms with Crippen molar-refractivity contribution in [1.82, 2.24) is 9.55 Å². The summed E-state index contributed by atoms with van der Waals surface area (Å²) in [6, 6.07) is 11.4. The first-order valence-corrected chi connectivity index (χ1v) is 9.60. The fourth-order valence-electron chi connectivity index (χ4n) is 3.36. The van der Waals surface area contributed by atoms with Crippen molar-refractivity contribution in [2.45, 2.75) is 20.4 Å². The van der Waals surface area contributed by atoms with Crippen molar-refractivity contribution in [3.8, 4) is 16.5 Å². The van der Waals surface area contributed by atoms with Gasteiger partial charge in [-0.1, -0.05) is 35.4 Å². The van der Waals surface area contributed by atoms with Gasteiger partial charge in [0.25, 0.3) is 0 Å². The Morgan fingerprint density at radius 3 is 2.67 bits per heavy atom. The Morgan fingerprint density at radius 1 is 1.22 bits per heavy atom. The molecule has 0 aliphatic rings. The SMILES string of the molecule is Cc1cc(C)c2c(c1)c(N=O)c(O)n2Cc1csc(-c2ccc(Cl)cc2)n1. The molecule has 0 unspecified atom stereocenters. The van der Waals surface area contributed by atoms with E-state index < -0.39 is 0 Å². The van der Waals surface area contributed by atoms with Gasteiger partial charge in [-0.05, 0) is 42.8 Å². The van der Waals surface area contributed by atoms with Crippen LogP contribution in [0.15, 0.2) is 47.0 Å². The fraction of sp³-hybridized carbons (Fsp3) is 0.150. The molecule has 0 aliphatic heterocycles. The highest BCUT2D eigenvalue weighted by atomic mass is 35.5. The smallest absolute Gasteiger partial charge is 0.222 e. The molecular formula is C20H16ClN3O2S. The number of rotatable bonds is 4. The summed E-state index contributed by atoms with van der Waals surface area (Å²) in [6.07, 6.45) is 0. The number of benzene rings is 2. The molecule has 1 N–H and O–H groups in total. The minimum absolute atomic E-state index is 0.0740. The third-order valence-electron chi connectivity index (χ3n) is 4.49. The van der Waals surface area contributed by atoms with E-state index in [0.29, 0.717) is 17.0 Å². The third kappa shape index (κ3) is 3.11. The summed E-state index contributed by atoms with van der Waals surface area (Å²) in [7, 11) is 0. The lowest BCUT2D eigenvalue weighted by Crippen LogP contribution is -2.00. The second-order valence-electron chi connectivity index (χ2n) is 6.48. The topological polar surface area (TPSA) is 67.5 Å². The van der Waals surface area contributed by atoms with Crippen molar-refractivity contribution in [3.05, 3.63) is 68.5 Å². The van der Waals surface area contributed by atoms with E-state index in [1.165, 1.54) is 11.3 Å². The van der Waals surface area contributed by atoms with Crippen molar-refractivity contribution in [2.75, 3.05) is 0 Å². The summed E-state index contributed by atoms with van der Waals surface area (Å²) in [5.74, 6) is -0.130. The molecule has 0 radical (unpaired) electrons. The quantitative estimate of drug-likeness (QED) is 0.417. The van der Waals surface area contributed by atoms with Gasteiger partial charge in [-0.3, -0.25) is 0 Å². The van der Waals surface area contributed by atoms with Gasteiger partial charge in [0, 0.05) is 21.4 Å². The van der Waals surface area contributed by atoms with Gasteiger partial charge in [-0.25, -0.2) is 4.98 Å². The van der Waals surface area contributed by atoms with Crippen LogP contribution in [0.2, 0.25) is 5.02 Å². The zero-order valence-electron chi connectivity index (χ0n) is 14.7. The number of thiazole rings is 1. The molecule has 0 bridgehead atoms. The molecular weight excluding hydrogens is 382 g/mol. The van der Waals surface area contributed by atoms with Crippen LogP contribution in [0.25, 0.3) is 21.5 Å². The van der Waals surface area contributed by atoms with E-state index in [1.807, 2.05) is 55.6 Å². The van der Waals surface area contributed by atoms with Gasteiger partial charge in [0.2, 0.25) is 5.88 Å². The Kier molecular flexibility index (Phi) is 4.45. The highest BCUT2D eigenvalue weighted by Gasteiger charge is 2.20. The van der Waals surface area contributed by atoms with Crippen molar-refractivity contribution in [3.63, 3.8) is 0 Å². The first-order valence-electron chi connectivity index (χ1n) is 8.34. The first-order chi connectivity index (χ1) is 13.0. The molecule has 7 heteroatoms. The Bertz CT molecular complexity index is 1160. The molecule has 2 aromatic heterocycles. The molecule has 27 heavy (non-hydrogen) atoms. The summed E-state index contributed by atoms with van der Waals surface area (Å²) >= 11 is 7.47. The van der Waals surface area contributed by atoms with Crippen LogP contribution in [0.5, 0.6) is 5.88 Å². The van der Waals surface area contributed by atoms with E-state index in [2.05, 4.69) is 10.2 Å². The Hall–Kier alpha value is -2.70. The van der Waals surface area contributed by atoms with Crippen LogP contribution < -0.4 is 0 Å². The zero-order chi connectivity index (χ0) is 19.1. The molecule has 0 atom stereocenters. The Labute approximate surface area is 164 Å². The number of aryl methyl sites for hydroxylation is 2. The van der Waals surface area contributed by atoms with Crippen molar-refractivity contribution in [1.29, 1.82) is 0 Å². The average Bonchev–Trinajstić information content (AvgIpc) is 3.19. The standard InChI is InChI=1S/C20H16ClN3O2S/c1-11-7-12(2)18-16(8-11)17(23-26)20(25)24(18)9-15-10-27-19(22-15)13-3-5-14(21)6-4-13/h3-8,10,25H,9H2,1-2H3. The maximum absolute atomic E-state index is 11.3. The summed E-state index contributed by atoms with van der Waals surface area (Å²) in [5, 5.41) is 17.8. The predicted octanol–water partition coefficient (Wildman–Crippen LogP) is 6.19. The van der Waals surface area contributed by atoms with Gasteiger partial charge < -0.3 is 9.67 Å². The Balaban J connectivity index is 1.77. The molecule has 0 saturated heterocycles. The molecule has 0 aliphatic carbocycles. The molecule has 5 nitrogen and oxygen atoms in total. The van der Waals surface area contributed by atoms with E-state index >= 15 is 0 Å². The molecule has 136 valence electrons. The summed E-state index contributed by atoms with van der Waals surface area (Å²) in [6.45, 7) is 4.26. The average molecular weight is 398 g/mol. The largest absolute Gasteiger partial charge is 0.493 e. The summed E-state index contributed by atoms with van der Waals surface area (Å²) in [5.41, 5.74) is 4.65. The molecule has 2 aromatic carbocycles. The van der Waals surface area contributed by atoms with Crippen molar-refractivity contribution >= 4 is 39.5 Å². The number of hydrogen-bond acceptors (Lipinski definition) is 5. The number of aromatic hydroxyl groups is 1. The molecule has 0 fully saturated rings. The molecule has 4 rings (SSSR count). The van der Waals surface area contributed by atoms with Crippen LogP contribution in [0, 0.1) is 18.8 Å². The van der Waals surface area contributed by atoms with E-state index in [4.69, 9.17) is 11.6 Å². The lowest BCUT2D eigenvalue weighted by atomic mass is 10.1. The van der Waals surface area contributed by atoms with E-state index in [9.17, 15) is 10.0 Å². The molecule has 4 aromatic rings. The van der Waals surface area contributed by atoms with E-state index in [-0.39, 0.29) is 11.6 Å². The minimum Gasteiger partial charge on any atom is -0.493 e. The van der Waals surface area contributed by atoms with Gasteiger partial charge in [0.15, 0.2) is 5.69 Å². The van der Waals surface area contributed by atoms with E-state index in [1.54, 1.807) is 4.57 Å². The maximum atomic E-state index is 11.3. The molecule has 0 spiro atoms. The lowest BCUT2D eigenvalue weighted by molar-refractivity contribution is 0.429. The van der Waals surface area contributed by atoms with Crippen LogP contribution in [-0.2, 0) is 6.54 Å².